The average molecular weight is 594 g/mol. The summed E-state index contributed by atoms with van der Waals surface area (Å²) in [7, 11) is -1.11. The number of sulfonamides is 1. The first-order valence-corrected chi connectivity index (χ1v) is 13.8. The number of rotatable bonds is 9. The molecule has 0 aliphatic heterocycles. The molecule has 3 aromatic carbocycles. The summed E-state index contributed by atoms with van der Waals surface area (Å²) in [6.45, 7) is 1.62. The molecular weight excluding hydrogens is 570 g/mol. The van der Waals surface area contributed by atoms with Crippen LogP contribution in [0.25, 0.3) is 5.69 Å². The highest BCUT2D eigenvalue weighted by atomic mass is 35.5. The van der Waals surface area contributed by atoms with Crippen molar-refractivity contribution in [2.45, 2.75) is 11.8 Å². The lowest BCUT2D eigenvalue weighted by Crippen LogP contribution is -2.23. The highest BCUT2D eigenvalue weighted by molar-refractivity contribution is 7.92. The van der Waals surface area contributed by atoms with Gasteiger partial charge in [-0.2, -0.15) is 10.4 Å². The molecule has 3 N–H and O–H groups in total. The van der Waals surface area contributed by atoms with Crippen molar-refractivity contribution in [3.8, 4) is 17.5 Å². The van der Waals surface area contributed by atoms with Gasteiger partial charge in [-0.3, -0.25) is 24.4 Å². The fraction of sp³-hybridized carbons (Fsp3) is 0.111. The number of carbonyl (C=O) groups excluding carboxylic acids is 1. The van der Waals surface area contributed by atoms with Gasteiger partial charge in [-0.05, 0) is 55.5 Å². The zero-order chi connectivity index (χ0) is 29.7. The van der Waals surface area contributed by atoms with E-state index >= 15 is 0 Å². The third-order valence-electron chi connectivity index (χ3n) is 5.96. The minimum Gasteiger partial charge on any atom is -0.495 e. The Balaban J connectivity index is 1.54. The molecule has 0 saturated carbocycles. The van der Waals surface area contributed by atoms with Crippen molar-refractivity contribution in [2.24, 2.45) is 12.1 Å². The standard InChI is InChI=1S/C27H24ClN7O5S/c1-17-25(27(37)35(34(17)2)20-9-5-4-6-10-20)33-41(38,39)21-11-7-8-19(14-21)31-32-23(16-29)26(36)30-18-12-13-24(40-3)22(28)15-18/h4-15,31,33H,1-3H3,(H,30,36). The molecule has 14 heteroatoms. The van der Waals surface area contributed by atoms with Crippen LogP contribution in [-0.2, 0) is 21.9 Å². The molecule has 4 rings (SSSR count). The fourth-order valence-corrected chi connectivity index (χ4v) is 5.21. The molecule has 4 aromatic rings. The maximum absolute atomic E-state index is 13.2. The third-order valence-corrected chi connectivity index (χ3v) is 7.61. The normalized spacial score (nSPS) is 11.4. The number of anilines is 3. The van der Waals surface area contributed by atoms with Crippen LogP contribution in [-0.4, -0.2) is 36.5 Å². The number of nitrogens with zero attached hydrogens (tertiary/aromatic N) is 4. The summed E-state index contributed by atoms with van der Waals surface area (Å²) in [5, 5.41) is 16.0. The maximum Gasteiger partial charge on any atom is 0.296 e. The van der Waals surface area contributed by atoms with E-state index in [2.05, 4.69) is 20.6 Å². The van der Waals surface area contributed by atoms with E-state index in [1.54, 1.807) is 55.1 Å². The van der Waals surface area contributed by atoms with Gasteiger partial charge in [0, 0.05) is 12.7 Å². The van der Waals surface area contributed by atoms with Crippen LogP contribution in [0.15, 0.2) is 87.6 Å². The van der Waals surface area contributed by atoms with Gasteiger partial charge in [0.1, 0.15) is 17.5 Å². The molecule has 0 aliphatic carbocycles. The van der Waals surface area contributed by atoms with E-state index in [9.17, 15) is 23.3 Å². The number of aromatic nitrogens is 2. The smallest absolute Gasteiger partial charge is 0.296 e. The molecule has 0 radical (unpaired) electrons. The number of nitriles is 1. The SMILES string of the molecule is COc1ccc(NC(=O)C(C#N)=NNc2cccc(S(=O)(=O)Nc3c(C)n(C)n(-c4ccccc4)c3=O)c2)cc1Cl. The van der Waals surface area contributed by atoms with Crippen molar-refractivity contribution < 1.29 is 17.9 Å². The van der Waals surface area contributed by atoms with Gasteiger partial charge in [0.05, 0.1) is 34.1 Å². The van der Waals surface area contributed by atoms with E-state index < -0.39 is 27.2 Å². The van der Waals surface area contributed by atoms with Crippen LogP contribution in [0.5, 0.6) is 5.75 Å². The predicted octanol–water partition coefficient (Wildman–Crippen LogP) is 3.88. The number of hydrazone groups is 1. The van der Waals surface area contributed by atoms with E-state index in [1.165, 1.54) is 48.2 Å². The van der Waals surface area contributed by atoms with E-state index in [1.807, 2.05) is 6.07 Å². The topological polar surface area (TPSA) is 160 Å². The van der Waals surface area contributed by atoms with Crippen molar-refractivity contribution >= 4 is 50.3 Å². The van der Waals surface area contributed by atoms with Crippen LogP contribution in [0.1, 0.15) is 5.69 Å². The van der Waals surface area contributed by atoms with Crippen molar-refractivity contribution in [1.82, 2.24) is 9.36 Å². The number of benzene rings is 3. The summed E-state index contributed by atoms with van der Waals surface area (Å²) >= 11 is 6.07. The maximum atomic E-state index is 13.2. The lowest BCUT2D eigenvalue weighted by molar-refractivity contribution is -0.110. The molecule has 0 spiro atoms. The summed E-state index contributed by atoms with van der Waals surface area (Å²) in [6.07, 6.45) is 0. The number of para-hydroxylation sites is 1. The molecule has 0 aliphatic rings. The third kappa shape index (κ3) is 6.24. The number of nitrogens with one attached hydrogen (secondary N) is 3. The summed E-state index contributed by atoms with van der Waals surface area (Å²) in [4.78, 5) is 25.5. The highest BCUT2D eigenvalue weighted by Crippen LogP contribution is 2.27. The lowest BCUT2D eigenvalue weighted by atomic mass is 10.3. The molecule has 0 saturated heterocycles. The Labute approximate surface area is 240 Å². The molecule has 1 aromatic heterocycles. The second-order valence-electron chi connectivity index (χ2n) is 8.56. The number of amides is 1. The summed E-state index contributed by atoms with van der Waals surface area (Å²) < 4.78 is 36.8. The number of halogens is 1. The first-order valence-electron chi connectivity index (χ1n) is 11.9. The van der Waals surface area contributed by atoms with E-state index in [0.717, 1.165) is 0 Å². The first-order chi connectivity index (χ1) is 19.6. The molecular formula is C27H24ClN7O5S. The van der Waals surface area contributed by atoms with Crippen molar-refractivity contribution in [3.63, 3.8) is 0 Å². The Bertz CT molecular complexity index is 1860. The molecule has 0 fully saturated rings. The largest absolute Gasteiger partial charge is 0.495 e. The lowest BCUT2D eigenvalue weighted by Gasteiger charge is -2.09. The van der Waals surface area contributed by atoms with Gasteiger partial charge in [0.2, 0.25) is 5.71 Å². The summed E-state index contributed by atoms with van der Waals surface area (Å²) in [5.41, 5.74) is 2.82. The van der Waals surface area contributed by atoms with Gasteiger partial charge in [0.25, 0.3) is 21.5 Å². The van der Waals surface area contributed by atoms with Crippen molar-refractivity contribution in [2.75, 3.05) is 22.6 Å². The fourth-order valence-electron chi connectivity index (χ4n) is 3.79. The monoisotopic (exact) mass is 593 g/mol. The minimum atomic E-state index is -4.21. The summed E-state index contributed by atoms with van der Waals surface area (Å²) in [5.74, 6) is -0.407. The summed E-state index contributed by atoms with van der Waals surface area (Å²) in [6, 6.07) is 20.5. The van der Waals surface area contributed by atoms with E-state index in [0.29, 0.717) is 22.8 Å². The molecule has 1 heterocycles. The molecule has 1 amide bonds. The number of carbonyl (C=O) groups is 1. The van der Waals surface area contributed by atoms with Gasteiger partial charge in [-0.15, -0.1) is 0 Å². The van der Waals surface area contributed by atoms with Crippen LogP contribution in [0.2, 0.25) is 5.02 Å². The Kier molecular flexibility index (Phi) is 8.46. The van der Waals surface area contributed by atoms with Crippen molar-refractivity contribution in [3.05, 3.63) is 93.9 Å². The zero-order valence-electron chi connectivity index (χ0n) is 22.0. The second-order valence-corrected chi connectivity index (χ2v) is 10.6. The number of hydrogen-bond acceptors (Lipinski definition) is 8. The van der Waals surface area contributed by atoms with E-state index in [4.69, 9.17) is 16.3 Å². The molecule has 210 valence electrons. The minimum absolute atomic E-state index is 0.102. The average Bonchev–Trinajstić information content (AvgIpc) is 3.16. The van der Waals surface area contributed by atoms with Crippen LogP contribution in [0.4, 0.5) is 17.1 Å². The zero-order valence-corrected chi connectivity index (χ0v) is 23.6. The Morgan fingerprint density at radius 2 is 1.78 bits per heavy atom. The first kappa shape index (κ1) is 28.9. The van der Waals surface area contributed by atoms with E-state index in [-0.39, 0.29) is 21.3 Å². The second kappa shape index (κ2) is 12.0. The Morgan fingerprint density at radius 1 is 1.05 bits per heavy atom. The molecule has 0 atom stereocenters. The highest BCUT2D eigenvalue weighted by Gasteiger charge is 2.23. The van der Waals surface area contributed by atoms with Crippen LogP contribution in [0.3, 0.4) is 0 Å². The van der Waals surface area contributed by atoms with Crippen LogP contribution < -0.4 is 25.8 Å². The number of hydrogen-bond donors (Lipinski definition) is 3. The molecule has 0 bridgehead atoms. The van der Waals surface area contributed by atoms with Crippen molar-refractivity contribution in [1.29, 1.82) is 5.26 Å². The predicted molar refractivity (Wildman–Crippen MR) is 156 cm³/mol. The molecule has 41 heavy (non-hydrogen) atoms. The van der Waals surface area contributed by atoms with Crippen LogP contribution in [0, 0.1) is 18.3 Å². The molecule has 0 unspecified atom stereocenters. The Hall–Kier alpha value is -5.06. The van der Waals surface area contributed by atoms with Gasteiger partial charge < -0.3 is 10.1 Å². The number of methoxy groups -OCH3 is 1. The van der Waals surface area contributed by atoms with Crippen LogP contribution >= 0.6 is 11.6 Å². The van der Waals surface area contributed by atoms with Gasteiger partial charge in [-0.25, -0.2) is 13.1 Å². The van der Waals surface area contributed by atoms with Gasteiger partial charge in [0.15, 0.2) is 0 Å². The molecule has 12 nitrogen and oxygen atoms in total. The number of ether oxygens (including phenoxy) is 1. The quantitative estimate of drug-likeness (QED) is 0.196. The van der Waals surface area contributed by atoms with Gasteiger partial charge >= 0.3 is 0 Å². The Morgan fingerprint density at radius 3 is 2.44 bits per heavy atom. The van der Waals surface area contributed by atoms with Gasteiger partial charge in [-0.1, -0.05) is 35.9 Å².